The fraction of sp³-hybridized carbons (Fsp3) is 0.765. The summed E-state index contributed by atoms with van der Waals surface area (Å²) in [7, 11) is 0. The van der Waals surface area contributed by atoms with E-state index in [9.17, 15) is 0 Å². The molecule has 4 nitrogen and oxygen atoms in total. The van der Waals surface area contributed by atoms with Gasteiger partial charge in [0.05, 0.1) is 0 Å². The van der Waals surface area contributed by atoms with Crippen LogP contribution < -0.4 is 5.32 Å². The number of rotatable bonds is 4. The Morgan fingerprint density at radius 3 is 3.05 bits per heavy atom. The van der Waals surface area contributed by atoms with Crippen molar-refractivity contribution < 1.29 is 4.74 Å². The molecule has 3 rings (SSSR count). The van der Waals surface area contributed by atoms with Crippen molar-refractivity contribution in [1.82, 2.24) is 15.3 Å². The minimum absolute atomic E-state index is 0.270. The van der Waals surface area contributed by atoms with E-state index in [2.05, 4.69) is 30.3 Å². The number of fused-ring (bicyclic) bond motifs is 1. The van der Waals surface area contributed by atoms with E-state index in [4.69, 9.17) is 9.72 Å². The van der Waals surface area contributed by atoms with Gasteiger partial charge < -0.3 is 10.1 Å². The van der Waals surface area contributed by atoms with Crippen molar-refractivity contribution in [1.29, 1.82) is 0 Å². The average molecular weight is 289 g/mol. The van der Waals surface area contributed by atoms with Crippen LogP contribution in [-0.4, -0.2) is 23.1 Å². The lowest BCUT2D eigenvalue weighted by molar-refractivity contribution is 0.00908. The van der Waals surface area contributed by atoms with Crippen LogP contribution >= 0.6 is 0 Å². The summed E-state index contributed by atoms with van der Waals surface area (Å²) in [5.41, 5.74) is 2.28. The zero-order valence-corrected chi connectivity index (χ0v) is 13.3. The predicted octanol–water partition coefficient (Wildman–Crippen LogP) is 3.27. The highest BCUT2D eigenvalue weighted by atomic mass is 16.5. The third kappa shape index (κ3) is 3.11. The van der Waals surface area contributed by atoms with Crippen LogP contribution in [0.3, 0.4) is 0 Å². The number of aromatic nitrogens is 2. The number of ether oxygens (including phenoxy) is 1. The maximum atomic E-state index is 5.90. The zero-order chi connectivity index (χ0) is 14.7. The molecule has 4 heteroatoms. The Labute approximate surface area is 127 Å². The summed E-state index contributed by atoms with van der Waals surface area (Å²) in [6, 6.07) is 0.425. The highest BCUT2D eigenvalue weighted by Gasteiger charge is 2.35. The molecule has 1 saturated heterocycles. The number of hydrogen-bond donors (Lipinski definition) is 1. The number of nitrogens with zero attached hydrogens (tertiary/aromatic N) is 2. The molecule has 0 saturated carbocycles. The summed E-state index contributed by atoms with van der Waals surface area (Å²) in [6.45, 7) is 6.23. The fourth-order valence-electron chi connectivity index (χ4n) is 3.46. The summed E-state index contributed by atoms with van der Waals surface area (Å²) >= 11 is 0. The van der Waals surface area contributed by atoms with Crippen molar-refractivity contribution in [2.24, 2.45) is 0 Å². The van der Waals surface area contributed by atoms with Crippen molar-refractivity contribution in [2.75, 3.05) is 13.2 Å². The first-order chi connectivity index (χ1) is 10.2. The predicted molar refractivity (Wildman–Crippen MR) is 83.2 cm³/mol. The van der Waals surface area contributed by atoms with Crippen molar-refractivity contribution in [2.45, 2.75) is 70.4 Å². The van der Waals surface area contributed by atoms with Crippen LogP contribution in [0, 0.1) is 0 Å². The van der Waals surface area contributed by atoms with E-state index < -0.39 is 0 Å². The molecule has 1 fully saturated rings. The summed E-state index contributed by atoms with van der Waals surface area (Å²) in [5, 5.41) is 3.65. The maximum Gasteiger partial charge on any atom is 0.160 e. The Balaban J connectivity index is 1.88. The minimum Gasteiger partial charge on any atom is -0.367 e. The second-order valence-corrected chi connectivity index (χ2v) is 6.53. The summed E-state index contributed by atoms with van der Waals surface area (Å²) < 4.78 is 5.90. The SMILES string of the molecule is CCCNC1CCCCc2nc(C3(C)CCCO3)ncc21. The van der Waals surface area contributed by atoms with Gasteiger partial charge in [0.2, 0.25) is 0 Å². The first-order valence-electron chi connectivity index (χ1n) is 8.46. The topological polar surface area (TPSA) is 47.0 Å². The Hall–Kier alpha value is -1.00. The van der Waals surface area contributed by atoms with E-state index in [-0.39, 0.29) is 5.60 Å². The second-order valence-electron chi connectivity index (χ2n) is 6.53. The van der Waals surface area contributed by atoms with E-state index >= 15 is 0 Å². The van der Waals surface area contributed by atoms with Crippen molar-refractivity contribution >= 4 is 0 Å². The molecule has 1 aliphatic carbocycles. The third-order valence-corrected chi connectivity index (χ3v) is 4.76. The maximum absolute atomic E-state index is 5.90. The molecular weight excluding hydrogens is 262 g/mol. The Morgan fingerprint density at radius 2 is 2.29 bits per heavy atom. The van der Waals surface area contributed by atoms with Gasteiger partial charge in [-0.1, -0.05) is 13.3 Å². The Kier molecular flexibility index (Phi) is 4.55. The molecule has 21 heavy (non-hydrogen) atoms. The van der Waals surface area contributed by atoms with Crippen LogP contribution in [0.1, 0.15) is 75.5 Å². The monoisotopic (exact) mass is 289 g/mol. The van der Waals surface area contributed by atoms with Crippen LogP contribution in [0.15, 0.2) is 6.20 Å². The quantitative estimate of drug-likeness (QED) is 0.864. The van der Waals surface area contributed by atoms with E-state index in [0.717, 1.165) is 44.7 Å². The van der Waals surface area contributed by atoms with Crippen LogP contribution in [0.2, 0.25) is 0 Å². The molecule has 2 unspecified atom stereocenters. The average Bonchev–Trinajstić information content (AvgIpc) is 2.84. The van der Waals surface area contributed by atoms with E-state index in [1.54, 1.807) is 0 Å². The van der Waals surface area contributed by atoms with Gasteiger partial charge in [-0.3, -0.25) is 0 Å². The van der Waals surface area contributed by atoms with Crippen molar-refractivity contribution in [3.63, 3.8) is 0 Å². The van der Waals surface area contributed by atoms with Gasteiger partial charge in [-0.05, 0) is 52.0 Å². The lowest BCUT2D eigenvalue weighted by Gasteiger charge is -2.24. The van der Waals surface area contributed by atoms with Gasteiger partial charge in [0, 0.05) is 30.1 Å². The van der Waals surface area contributed by atoms with Crippen LogP contribution in [-0.2, 0) is 16.8 Å². The van der Waals surface area contributed by atoms with Gasteiger partial charge in [0.15, 0.2) is 5.82 Å². The normalized spacial score (nSPS) is 29.1. The summed E-state index contributed by atoms with van der Waals surface area (Å²) in [4.78, 5) is 9.58. The van der Waals surface area contributed by atoms with Gasteiger partial charge in [0.1, 0.15) is 5.60 Å². The Morgan fingerprint density at radius 1 is 1.38 bits per heavy atom. The summed E-state index contributed by atoms with van der Waals surface area (Å²) in [6.07, 6.45) is 10.1. The third-order valence-electron chi connectivity index (χ3n) is 4.76. The minimum atomic E-state index is -0.270. The number of aryl methyl sites for hydroxylation is 1. The fourth-order valence-corrected chi connectivity index (χ4v) is 3.46. The van der Waals surface area contributed by atoms with Gasteiger partial charge in [0.25, 0.3) is 0 Å². The van der Waals surface area contributed by atoms with E-state index in [1.807, 2.05) is 0 Å². The molecule has 2 atom stereocenters. The number of nitrogens with one attached hydrogen (secondary N) is 1. The van der Waals surface area contributed by atoms with Crippen molar-refractivity contribution in [3.05, 3.63) is 23.3 Å². The van der Waals surface area contributed by atoms with E-state index in [0.29, 0.717) is 6.04 Å². The van der Waals surface area contributed by atoms with Gasteiger partial charge in [-0.15, -0.1) is 0 Å². The molecule has 0 bridgehead atoms. The summed E-state index contributed by atoms with van der Waals surface area (Å²) in [5.74, 6) is 0.884. The lowest BCUT2D eigenvalue weighted by atomic mass is 10.00. The second kappa shape index (κ2) is 6.41. The number of hydrogen-bond acceptors (Lipinski definition) is 4. The molecule has 1 aromatic rings. The van der Waals surface area contributed by atoms with Gasteiger partial charge >= 0.3 is 0 Å². The van der Waals surface area contributed by atoms with Gasteiger partial charge in [-0.25, -0.2) is 9.97 Å². The molecule has 2 heterocycles. The highest BCUT2D eigenvalue weighted by Crippen LogP contribution is 2.35. The molecule has 0 spiro atoms. The highest BCUT2D eigenvalue weighted by molar-refractivity contribution is 5.24. The molecule has 1 N–H and O–H groups in total. The van der Waals surface area contributed by atoms with E-state index in [1.165, 1.54) is 30.5 Å². The molecule has 116 valence electrons. The molecule has 1 aliphatic heterocycles. The molecule has 1 aromatic heterocycles. The van der Waals surface area contributed by atoms with Gasteiger partial charge in [-0.2, -0.15) is 0 Å². The largest absolute Gasteiger partial charge is 0.367 e. The molecule has 2 aliphatic rings. The standard InChI is InChI=1S/C17H27N3O/c1-3-10-18-14-7-4-5-8-15-13(14)12-19-16(20-15)17(2)9-6-11-21-17/h12,14,18H,3-11H2,1-2H3. The van der Waals surface area contributed by atoms with Crippen LogP contribution in [0.5, 0.6) is 0 Å². The van der Waals surface area contributed by atoms with Crippen LogP contribution in [0.4, 0.5) is 0 Å². The zero-order valence-electron chi connectivity index (χ0n) is 13.3. The molecular formula is C17H27N3O. The first kappa shape index (κ1) is 14.9. The lowest BCUT2D eigenvalue weighted by Crippen LogP contribution is -2.26. The van der Waals surface area contributed by atoms with Crippen molar-refractivity contribution in [3.8, 4) is 0 Å². The smallest absolute Gasteiger partial charge is 0.160 e. The Bertz CT molecular complexity index is 483. The molecule has 0 aromatic carbocycles. The molecule has 0 radical (unpaired) electrons. The first-order valence-corrected chi connectivity index (χ1v) is 8.46. The molecule has 0 amide bonds. The van der Waals surface area contributed by atoms with Crippen LogP contribution in [0.25, 0.3) is 0 Å².